The first-order valence-electron chi connectivity index (χ1n) is 7.63. The van der Waals surface area contributed by atoms with Gasteiger partial charge in [-0.2, -0.15) is 5.10 Å². The minimum atomic E-state index is -0.852. The Morgan fingerprint density at radius 1 is 1.54 bits per heavy atom. The first-order valence-corrected chi connectivity index (χ1v) is 7.63. The molecule has 0 bridgehead atoms. The van der Waals surface area contributed by atoms with Gasteiger partial charge in [0.2, 0.25) is 0 Å². The van der Waals surface area contributed by atoms with Crippen molar-refractivity contribution in [3.63, 3.8) is 0 Å². The molecule has 2 heterocycles. The molecule has 1 N–H and O–H groups in total. The molecule has 24 heavy (non-hydrogen) atoms. The van der Waals surface area contributed by atoms with E-state index in [0.29, 0.717) is 11.5 Å². The molecule has 1 aliphatic heterocycles. The third kappa shape index (κ3) is 3.48. The summed E-state index contributed by atoms with van der Waals surface area (Å²) in [5.74, 6) is 1.30. The highest BCUT2D eigenvalue weighted by Gasteiger charge is 2.32. The average Bonchev–Trinajstić information content (AvgIpc) is 3.07. The van der Waals surface area contributed by atoms with Crippen LogP contribution in [0.15, 0.2) is 30.6 Å². The van der Waals surface area contributed by atoms with Gasteiger partial charge >= 0.3 is 5.69 Å². The number of rotatable bonds is 6. The molecule has 1 atom stereocenters. The van der Waals surface area contributed by atoms with Crippen LogP contribution in [-0.4, -0.2) is 38.1 Å². The summed E-state index contributed by atoms with van der Waals surface area (Å²) in [4.78, 5) is 10.1. The zero-order valence-corrected chi connectivity index (χ0v) is 13.5. The summed E-state index contributed by atoms with van der Waals surface area (Å²) in [5.41, 5.74) is 0.698. The smallest absolute Gasteiger partial charge is 0.306 e. The van der Waals surface area contributed by atoms with Gasteiger partial charge in [0.1, 0.15) is 30.7 Å². The molecule has 0 aliphatic carbocycles. The Morgan fingerprint density at radius 3 is 3.04 bits per heavy atom. The molecule has 1 aliphatic rings. The van der Waals surface area contributed by atoms with Gasteiger partial charge < -0.3 is 14.6 Å². The summed E-state index contributed by atoms with van der Waals surface area (Å²) in [6, 6.07) is 5.68. The van der Waals surface area contributed by atoms with Crippen molar-refractivity contribution in [2.75, 3.05) is 6.61 Å². The van der Waals surface area contributed by atoms with Crippen LogP contribution in [0.5, 0.6) is 11.5 Å². The van der Waals surface area contributed by atoms with Gasteiger partial charge in [0.15, 0.2) is 11.5 Å². The van der Waals surface area contributed by atoms with Crippen LogP contribution in [-0.2, 0) is 13.0 Å². The standard InChI is InChI=1S/C16H19N3O5/c1-16(2)6-11-4-3-5-14(15(11)24-16)23-10-13(20)9-18-8-12(7-17-18)19(21)22/h3-5,7-8,13,20H,6,9-10H2,1-2H3. The molecule has 3 rings (SSSR count). The van der Waals surface area contributed by atoms with Crippen LogP contribution in [0.25, 0.3) is 0 Å². The molecule has 1 aromatic heterocycles. The zero-order chi connectivity index (χ0) is 17.3. The molecule has 0 amide bonds. The molecule has 0 saturated heterocycles. The highest BCUT2D eigenvalue weighted by Crippen LogP contribution is 2.41. The monoisotopic (exact) mass is 333 g/mol. The van der Waals surface area contributed by atoms with E-state index in [9.17, 15) is 15.2 Å². The van der Waals surface area contributed by atoms with Gasteiger partial charge in [0.05, 0.1) is 11.5 Å². The highest BCUT2D eigenvalue weighted by atomic mass is 16.6. The Hall–Kier alpha value is -2.61. The third-order valence-electron chi connectivity index (χ3n) is 3.71. The number of para-hydroxylation sites is 1. The molecule has 0 radical (unpaired) electrons. The molecule has 1 aromatic carbocycles. The molecule has 2 aromatic rings. The van der Waals surface area contributed by atoms with Crippen LogP contribution in [0.1, 0.15) is 19.4 Å². The number of benzene rings is 1. The van der Waals surface area contributed by atoms with Crippen molar-refractivity contribution >= 4 is 5.69 Å². The van der Waals surface area contributed by atoms with Gasteiger partial charge in [0.25, 0.3) is 0 Å². The van der Waals surface area contributed by atoms with Crippen molar-refractivity contribution in [2.45, 2.75) is 38.5 Å². The maximum atomic E-state index is 10.6. The number of aliphatic hydroxyl groups is 1. The fourth-order valence-corrected chi connectivity index (χ4v) is 2.70. The first kappa shape index (κ1) is 16.3. The number of aliphatic hydroxyl groups excluding tert-OH is 1. The van der Waals surface area contributed by atoms with Crippen molar-refractivity contribution in [1.29, 1.82) is 0 Å². The maximum Gasteiger partial charge on any atom is 0.306 e. The van der Waals surface area contributed by atoms with Gasteiger partial charge in [-0.1, -0.05) is 12.1 Å². The van der Waals surface area contributed by atoms with E-state index >= 15 is 0 Å². The van der Waals surface area contributed by atoms with Gasteiger partial charge in [-0.05, 0) is 19.9 Å². The topological polar surface area (TPSA) is 99.7 Å². The maximum absolute atomic E-state index is 10.6. The van der Waals surface area contributed by atoms with E-state index in [2.05, 4.69) is 5.10 Å². The van der Waals surface area contributed by atoms with Crippen LogP contribution in [0.3, 0.4) is 0 Å². The minimum absolute atomic E-state index is 0.0356. The van der Waals surface area contributed by atoms with E-state index in [1.54, 1.807) is 6.07 Å². The first-order chi connectivity index (χ1) is 11.3. The summed E-state index contributed by atoms with van der Waals surface area (Å²) in [6.07, 6.45) is 2.37. The van der Waals surface area contributed by atoms with E-state index in [4.69, 9.17) is 9.47 Å². The van der Waals surface area contributed by atoms with E-state index in [-0.39, 0.29) is 24.4 Å². The lowest BCUT2D eigenvalue weighted by molar-refractivity contribution is -0.385. The number of ether oxygens (including phenoxy) is 2. The van der Waals surface area contributed by atoms with Gasteiger partial charge in [0, 0.05) is 12.0 Å². The lowest BCUT2D eigenvalue weighted by Crippen LogP contribution is -2.25. The van der Waals surface area contributed by atoms with Crippen LogP contribution < -0.4 is 9.47 Å². The van der Waals surface area contributed by atoms with Crippen molar-refractivity contribution in [2.24, 2.45) is 0 Å². The normalized spacial score (nSPS) is 16.3. The van der Waals surface area contributed by atoms with Crippen molar-refractivity contribution < 1.29 is 19.5 Å². The second kappa shape index (κ2) is 6.12. The molecular weight excluding hydrogens is 314 g/mol. The Kier molecular flexibility index (Phi) is 4.15. The largest absolute Gasteiger partial charge is 0.487 e. The molecule has 1 unspecified atom stereocenters. The Balaban J connectivity index is 1.60. The average molecular weight is 333 g/mol. The summed E-state index contributed by atoms with van der Waals surface area (Å²) < 4.78 is 12.9. The van der Waals surface area contributed by atoms with E-state index in [0.717, 1.165) is 18.2 Å². The summed E-state index contributed by atoms with van der Waals surface area (Å²) in [6.45, 7) is 4.16. The number of hydrogen-bond acceptors (Lipinski definition) is 6. The summed E-state index contributed by atoms with van der Waals surface area (Å²) in [5, 5.41) is 24.5. The van der Waals surface area contributed by atoms with Crippen LogP contribution in [0, 0.1) is 10.1 Å². The predicted molar refractivity (Wildman–Crippen MR) is 85.2 cm³/mol. The van der Waals surface area contributed by atoms with E-state index < -0.39 is 11.0 Å². The predicted octanol–water partition coefficient (Wildman–Crippen LogP) is 1.94. The van der Waals surface area contributed by atoms with Gasteiger partial charge in [-0.3, -0.25) is 14.8 Å². The quantitative estimate of drug-likeness (QED) is 0.640. The second-order valence-corrected chi connectivity index (χ2v) is 6.43. The summed E-state index contributed by atoms with van der Waals surface area (Å²) in [7, 11) is 0. The molecular formula is C16H19N3O5. The Labute approximate surface area is 138 Å². The Morgan fingerprint density at radius 2 is 2.33 bits per heavy atom. The fraction of sp³-hybridized carbons (Fsp3) is 0.438. The van der Waals surface area contributed by atoms with E-state index in [1.165, 1.54) is 10.9 Å². The fourth-order valence-electron chi connectivity index (χ4n) is 2.70. The molecule has 8 nitrogen and oxygen atoms in total. The molecule has 0 saturated carbocycles. The SMILES string of the molecule is CC1(C)Cc2cccc(OCC(O)Cn3cc([N+](=O)[O-])cn3)c2O1. The van der Waals surface area contributed by atoms with Crippen molar-refractivity contribution in [3.8, 4) is 11.5 Å². The number of nitro groups is 1. The molecule has 128 valence electrons. The number of hydrogen-bond donors (Lipinski definition) is 1. The van der Waals surface area contributed by atoms with Crippen molar-refractivity contribution in [1.82, 2.24) is 9.78 Å². The lowest BCUT2D eigenvalue weighted by Gasteiger charge is -2.19. The third-order valence-corrected chi connectivity index (χ3v) is 3.71. The molecule has 0 fully saturated rings. The Bertz CT molecular complexity index is 756. The van der Waals surface area contributed by atoms with Crippen molar-refractivity contribution in [3.05, 3.63) is 46.3 Å². The van der Waals surface area contributed by atoms with Crippen LogP contribution in [0.4, 0.5) is 5.69 Å². The highest BCUT2D eigenvalue weighted by molar-refractivity contribution is 5.50. The number of nitrogens with zero attached hydrogens (tertiary/aromatic N) is 3. The van der Waals surface area contributed by atoms with Crippen LogP contribution >= 0.6 is 0 Å². The number of aromatic nitrogens is 2. The second-order valence-electron chi connectivity index (χ2n) is 6.43. The van der Waals surface area contributed by atoms with Gasteiger partial charge in [-0.25, -0.2) is 0 Å². The van der Waals surface area contributed by atoms with Crippen LogP contribution in [0.2, 0.25) is 0 Å². The zero-order valence-electron chi connectivity index (χ0n) is 13.5. The molecule has 0 spiro atoms. The molecule has 8 heteroatoms. The van der Waals surface area contributed by atoms with Gasteiger partial charge in [-0.15, -0.1) is 0 Å². The summed E-state index contributed by atoms with van der Waals surface area (Å²) >= 11 is 0. The minimum Gasteiger partial charge on any atom is -0.487 e. The lowest BCUT2D eigenvalue weighted by atomic mass is 10.0. The number of fused-ring (bicyclic) bond motifs is 1. The van der Waals surface area contributed by atoms with E-state index in [1.807, 2.05) is 26.0 Å².